The average Bonchev–Trinajstić information content (AvgIpc) is 2.22. The van der Waals surface area contributed by atoms with E-state index in [-0.39, 0.29) is 30.3 Å². The molecular weight excluding hydrogens is 230 g/mol. The molecule has 1 aliphatic heterocycles. The summed E-state index contributed by atoms with van der Waals surface area (Å²) in [6.45, 7) is 2.27. The second-order valence-electron chi connectivity index (χ2n) is 3.67. The Morgan fingerprint density at radius 2 is 2.25 bits per heavy atom. The number of phenolic OH excluding ortho intramolecular Hbond substituents is 1. The van der Waals surface area contributed by atoms with Crippen molar-refractivity contribution in [1.29, 1.82) is 0 Å². The monoisotopic (exact) mass is 243 g/mol. The van der Waals surface area contributed by atoms with Crippen LogP contribution in [0, 0.1) is 6.92 Å². The highest BCUT2D eigenvalue weighted by Crippen LogP contribution is 2.24. The van der Waals surface area contributed by atoms with Crippen molar-refractivity contribution in [3.63, 3.8) is 0 Å². The second kappa shape index (κ2) is 5.07. The zero-order chi connectivity index (χ0) is 10.8. The van der Waals surface area contributed by atoms with E-state index in [2.05, 4.69) is 5.32 Å². The Kier molecular flexibility index (Phi) is 4.01. The zero-order valence-corrected chi connectivity index (χ0v) is 9.71. The van der Waals surface area contributed by atoms with Gasteiger partial charge in [-0.15, -0.1) is 12.4 Å². The third-order valence-electron chi connectivity index (χ3n) is 2.55. The van der Waals surface area contributed by atoms with Crippen LogP contribution in [0.4, 0.5) is 4.79 Å². The van der Waals surface area contributed by atoms with Gasteiger partial charge in [-0.25, -0.2) is 4.79 Å². The van der Waals surface area contributed by atoms with Crippen LogP contribution in [-0.2, 0) is 4.74 Å². The van der Waals surface area contributed by atoms with Crippen LogP contribution < -0.4 is 5.32 Å². The molecule has 0 spiro atoms. The lowest BCUT2D eigenvalue weighted by Gasteiger charge is -2.24. The van der Waals surface area contributed by atoms with E-state index in [1.807, 2.05) is 19.1 Å². The highest BCUT2D eigenvalue weighted by Gasteiger charge is 2.20. The lowest BCUT2D eigenvalue weighted by Crippen LogP contribution is -2.35. The van der Waals surface area contributed by atoms with Crippen LogP contribution in [0.2, 0.25) is 0 Å². The molecule has 0 aromatic heterocycles. The number of halogens is 1. The van der Waals surface area contributed by atoms with Gasteiger partial charge < -0.3 is 15.2 Å². The molecule has 2 N–H and O–H groups in total. The first kappa shape index (κ1) is 12.6. The summed E-state index contributed by atoms with van der Waals surface area (Å²) in [6, 6.07) is 5.33. The number of ether oxygens (including phenoxy) is 1. The molecule has 1 fully saturated rings. The van der Waals surface area contributed by atoms with E-state index in [0.29, 0.717) is 6.61 Å². The van der Waals surface area contributed by atoms with Gasteiger partial charge in [0.15, 0.2) is 0 Å². The molecule has 1 aliphatic rings. The first-order valence-electron chi connectivity index (χ1n) is 4.89. The molecule has 1 aromatic carbocycles. The van der Waals surface area contributed by atoms with Gasteiger partial charge in [0, 0.05) is 6.42 Å². The maximum absolute atomic E-state index is 11.0. The van der Waals surface area contributed by atoms with Crippen molar-refractivity contribution in [1.82, 2.24) is 5.32 Å². The normalized spacial score (nSPS) is 19.3. The molecule has 0 bridgehead atoms. The van der Waals surface area contributed by atoms with E-state index in [0.717, 1.165) is 17.5 Å². The number of phenols is 1. The Balaban J connectivity index is 0.00000128. The van der Waals surface area contributed by atoms with Crippen molar-refractivity contribution in [2.75, 3.05) is 6.61 Å². The first-order chi connectivity index (χ1) is 7.16. The van der Waals surface area contributed by atoms with Crippen molar-refractivity contribution in [3.05, 3.63) is 29.3 Å². The van der Waals surface area contributed by atoms with Gasteiger partial charge in [-0.2, -0.15) is 0 Å². The predicted octanol–water partition coefficient (Wildman–Crippen LogP) is 2.29. The number of alkyl carbamates (subject to hydrolysis) is 1. The zero-order valence-electron chi connectivity index (χ0n) is 8.90. The minimum absolute atomic E-state index is 0. The van der Waals surface area contributed by atoms with E-state index in [4.69, 9.17) is 4.74 Å². The summed E-state index contributed by atoms with van der Waals surface area (Å²) >= 11 is 0. The number of rotatable bonds is 1. The summed E-state index contributed by atoms with van der Waals surface area (Å²) in [5.41, 5.74) is 1.81. The number of cyclic esters (lactones) is 1. The molecular formula is C11H14ClNO3. The molecule has 88 valence electrons. The Labute approximate surface area is 100 Å². The van der Waals surface area contributed by atoms with Gasteiger partial charge in [0.05, 0.1) is 12.6 Å². The fourth-order valence-electron chi connectivity index (χ4n) is 1.67. The average molecular weight is 244 g/mol. The van der Waals surface area contributed by atoms with Gasteiger partial charge in [0.25, 0.3) is 0 Å². The topological polar surface area (TPSA) is 58.6 Å². The fourth-order valence-corrected chi connectivity index (χ4v) is 1.67. The van der Waals surface area contributed by atoms with Crippen molar-refractivity contribution >= 4 is 18.5 Å². The lowest BCUT2D eigenvalue weighted by molar-refractivity contribution is 0.115. The van der Waals surface area contributed by atoms with E-state index >= 15 is 0 Å². The lowest BCUT2D eigenvalue weighted by atomic mass is 10.0. The maximum atomic E-state index is 11.0. The molecule has 16 heavy (non-hydrogen) atoms. The van der Waals surface area contributed by atoms with Crippen LogP contribution in [0.1, 0.15) is 23.6 Å². The van der Waals surface area contributed by atoms with E-state index in [9.17, 15) is 9.90 Å². The molecule has 1 amide bonds. The molecule has 5 heteroatoms. The summed E-state index contributed by atoms with van der Waals surface area (Å²) in [5, 5.41) is 12.1. The number of amides is 1. The quantitative estimate of drug-likeness (QED) is 0.796. The molecule has 4 nitrogen and oxygen atoms in total. The molecule has 0 unspecified atom stereocenters. The fraction of sp³-hybridized carbons (Fsp3) is 0.364. The molecule has 2 rings (SSSR count). The summed E-state index contributed by atoms with van der Waals surface area (Å²) in [4.78, 5) is 11.0. The Morgan fingerprint density at radius 1 is 1.50 bits per heavy atom. The molecule has 0 saturated carbocycles. The molecule has 1 heterocycles. The Morgan fingerprint density at radius 3 is 2.88 bits per heavy atom. The predicted molar refractivity (Wildman–Crippen MR) is 61.9 cm³/mol. The number of nitrogens with one attached hydrogen (secondary N) is 1. The van der Waals surface area contributed by atoms with Gasteiger partial charge in [-0.3, -0.25) is 0 Å². The van der Waals surface area contributed by atoms with Crippen molar-refractivity contribution in [3.8, 4) is 5.75 Å². The molecule has 0 aliphatic carbocycles. The first-order valence-corrected chi connectivity index (χ1v) is 4.89. The highest BCUT2D eigenvalue weighted by atomic mass is 35.5. The smallest absolute Gasteiger partial charge is 0.407 e. The number of hydrogen-bond acceptors (Lipinski definition) is 3. The summed E-state index contributed by atoms with van der Waals surface area (Å²) in [6.07, 6.45) is 0.382. The van der Waals surface area contributed by atoms with Crippen LogP contribution in [-0.4, -0.2) is 17.8 Å². The van der Waals surface area contributed by atoms with Crippen LogP contribution in [0.3, 0.4) is 0 Å². The number of carbonyl (C=O) groups excluding carboxylic acids is 1. The van der Waals surface area contributed by atoms with Crippen molar-refractivity contribution in [2.24, 2.45) is 0 Å². The second-order valence-corrected chi connectivity index (χ2v) is 3.67. The minimum atomic E-state index is -0.378. The maximum Gasteiger partial charge on any atom is 0.407 e. The highest BCUT2D eigenvalue weighted by molar-refractivity contribution is 5.85. The summed E-state index contributed by atoms with van der Waals surface area (Å²) in [5.74, 6) is 0.275. The van der Waals surface area contributed by atoms with Crippen LogP contribution >= 0.6 is 12.4 Å². The van der Waals surface area contributed by atoms with E-state index in [1.54, 1.807) is 6.07 Å². The summed E-state index contributed by atoms with van der Waals surface area (Å²) < 4.78 is 4.78. The third-order valence-corrected chi connectivity index (χ3v) is 2.55. The van der Waals surface area contributed by atoms with Crippen LogP contribution in [0.25, 0.3) is 0 Å². The van der Waals surface area contributed by atoms with Crippen molar-refractivity contribution in [2.45, 2.75) is 19.4 Å². The number of benzene rings is 1. The number of aryl methyl sites for hydroxylation is 1. The number of aromatic hydroxyl groups is 1. The van der Waals surface area contributed by atoms with Crippen LogP contribution in [0.15, 0.2) is 18.2 Å². The molecule has 0 radical (unpaired) electrons. The Hall–Kier alpha value is -1.42. The van der Waals surface area contributed by atoms with Gasteiger partial charge in [0.2, 0.25) is 0 Å². The number of carbonyl (C=O) groups is 1. The minimum Gasteiger partial charge on any atom is -0.508 e. The summed E-state index contributed by atoms with van der Waals surface area (Å²) in [7, 11) is 0. The van der Waals surface area contributed by atoms with E-state index < -0.39 is 0 Å². The van der Waals surface area contributed by atoms with Crippen molar-refractivity contribution < 1.29 is 14.6 Å². The van der Waals surface area contributed by atoms with Gasteiger partial charge in [-0.1, -0.05) is 12.1 Å². The van der Waals surface area contributed by atoms with E-state index in [1.165, 1.54) is 0 Å². The standard InChI is InChI=1S/C11H13NO3.ClH/c1-7-6-8(2-3-10(7)13)9-4-5-15-11(14)12-9;/h2-3,6,9,13H,4-5H2,1H3,(H,12,14);1H/t9-;/m0./s1. The van der Waals surface area contributed by atoms with Gasteiger partial charge in [-0.05, 0) is 24.1 Å². The SMILES string of the molecule is Cc1cc([C@@H]2CCOC(=O)N2)ccc1O.Cl. The number of hydrogen-bond donors (Lipinski definition) is 2. The van der Waals surface area contributed by atoms with Gasteiger partial charge in [0.1, 0.15) is 5.75 Å². The molecule has 1 saturated heterocycles. The Bertz CT molecular complexity index is 395. The van der Waals surface area contributed by atoms with Gasteiger partial charge >= 0.3 is 6.09 Å². The third kappa shape index (κ3) is 2.58. The largest absolute Gasteiger partial charge is 0.508 e. The molecule has 1 aromatic rings. The van der Waals surface area contributed by atoms with Crippen LogP contribution in [0.5, 0.6) is 5.75 Å². The molecule has 1 atom stereocenters.